The van der Waals surface area contributed by atoms with Crippen molar-refractivity contribution < 1.29 is 19.0 Å². The maximum absolute atomic E-state index is 13.1. The summed E-state index contributed by atoms with van der Waals surface area (Å²) in [6.45, 7) is 0. The number of ether oxygens (including phenoxy) is 1. The SMILES string of the molecule is COc1cc(C(F)=CBr)ccc1C(=O)O. The van der Waals surface area contributed by atoms with Gasteiger partial charge >= 0.3 is 5.97 Å². The van der Waals surface area contributed by atoms with Gasteiger partial charge in [-0.25, -0.2) is 9.18 Å². The third-order valence-electron chi connectivity index (χ3n) is 1.80. The Morgan fingerprint density at radius 2 is 2.27 bits per heavy atom. The first-order valence-corrected chi connectivity index (χ1v) is 4.89. The molecule has 0 aliphatic carbocycles. The molecule has 0 amide bonds. The lowest BCUT2D eigenvalue weighted by Crippen LogP contribution is -2.00. The molecule has 0 aliphatic heterocycles. The highest BCUT2D eigenvalue weighted by Gasteiger charge is 2.12. The van der Waals surface area contributed by atoms with E-state index in [9.17, 15) is 9.18 Å². The number of rotatable bonds is 3. The first-order valence-electron chi connectivity index (χ1n) is 3.97. The number of benzene rings is 1. The van der Waals surface area contributed by atoms with Crippen molar-refractivity contribution in [1.82, 2.24) is 0 Å². The molecule has 0 saturated carbocycles. The van der Waals surface area contributed by atoms with Crippen molar-refractivity contribution in [2.45, 2.75) is 0 Å². The van der Waals surface area contributed by atoms with Crippen LogP contribution in [0.5, 0.6) is 5.75 Å². The molecule has 5 heteroatoms. The molecule has 1 rings (SSSR count). The predicted octanol–water partition coefficient (Wildman–Crippen LogP) is 3.06. The first-order chi connectivity index (χ1) is 7.10. The average molecular weight is 275 g/mol. The summed E-state index contributed by atoms with van der Waals surface area (Å²) in [7, 11) is 1.33. The molecule has 0 unspecified atom stereocenters. The smallest absolute Gasteiger partial charge is 0.339 e. The fourth-order valence-corrected chi connectivity index (χ4v) is 1.34. The lowest BCUT2D eigenvalue weighted by atomic mass is 10.1. The van der Waals surface area contributed by atoms with Gasteiger partial charge in [0.25, 0.3) is 0 Å². The second-order valence-electron chi connectivity index (χ2n) is 2.68. The van der Waals surface area contributed by atoms with Gasteiger partial charge in [-0.2, -0.15) is 0 Å². The van der Waals surface area contributed by atoms with E-state index in [4.69, 9.17) is 9.84 Å². The van der Waals surface area contributed by atoms with Crippen LogP contribution in [0.2, 0.25) is 0 Å². The zero-order valence-corrected chi connectivity index (χ0v) is 9.42. The van der Waals surface area contributed by atoms with E-state index in [1.807, 2.05) is 0 Å². The molecule has 0 aromatic heterocycles. The highest BCUT2D eigenvalue weighted by Crippen LogP contribution is 2.25. The van der Waals surface area contributed by atoms with Gasteiger partial charge < -0.3 is 9.84 Å². The Balaban J connectivity index is 3.25. The third kappa shape index (κ3) is 2.56. The standard InChI is InChI=1S/C10H8BrFO3/c1-15-9-4-6(8(12)5-11)2-3-7(9)10(13)14/h2-5H,1H3,(H,13,14). The molecule has 0 bridgehead atoms. The Labute approximate surface area is 94.3 Å². The summed E-state index contributed by atoms with van der Waals surface area (Å²) in [6, 6.07) is 4.00. The minimum absolute atomic E-state index is 0.00335. The number of hydrogen-bond donors (Lipinski definition) is 1. The molecule has 0 aliphatic rings. The van der Waals surface area contributed by atoms with Crippen LogP contribution in [-0.4, -0.2) is 18.2 Å². The van der Waals surface area contributed by atoms with E-state index in [0.717, 1.165) is 4.99 Å². The summed E-state index contributed by atoms with van der Waals surface area (Å²) in [5.41, 5.74) is 0.261. The maximum atomic E-state index is 13.1. The number of carbonyl (C=O) groups is 1. The summed E-state index contributed by atoms with van der Waals surface area (Å²) < 4.78 is 18.0. The minimum atomic E-state index is -1.11. The van der Waals surface area contributed by atoms with Crippen molar-refractivity contribution in [3.05, 3.63) is 34.3 Å². The summed E-state index contributed by atoms with van der Waals surface area (Å²) in [5, 5.41) is 8.79. The number of halogens is 2. The van der Waals surface area contributed by atoms with Crippen LogP contribution in [0.4, 0.5) is 4.39 Å². The van der Waals surface area contributed by atoms with Crippen LogP contribution >= 0.6 is 15.9 Å². The second kappa shape index (κ2) is 4.93. The van der Waals surface area contributed by atoms with Crippen LogP contribution in [0.3, 0.4) is 0 Å². The number of hydrogen-bond acceptors (Lipinski definition) is 2. The van der Waals surface area contributed by atoms with Gasteiger partial charge in [0.1, 0.15) is 17.1 Å². The molecule has 0 heterocycles. The van der Waals surface area contributed by atoms with E-state index < -0.39 is 11.8 Å². The molecular formula is C10H8BrFO3. The van der Waals surface area contributed by atoms with Crippen LogP contribution in [0, 0.1) is 0 Å². The molecular weight excluding hydrogens is 267 g/mol. The Morgan fingerprint density at radius 1 is 1.60 bits per heavy atom. The minimum Gasteiger partial charge on any atom is -0.496 e. The topological polar surface area (TPSA) is 46.5 Å². The van der Waals surface area contributed by atoms with Gasteiger partial charge in [-0.1, -0.05) is 22.0 Å². The van der Waals surface area contributed by atoms with Gasteiger partial charge in [0.15, 0.2) is 0 Å². The highest BCUT2D eigenvalue weighted by atomic mass is 79.9. The van der Waals surface area contributed by atoms with Gasteiger partial charge in [0.05, 0.1) is 7.11 Å². The first kappa shape index (κ1) is 11.7. The third-order valence-corrected chi connectivity index (χ3v) is 2.21. The Hall–Kier alpha value is -1.36. The molecule has 1 N–H and O–H groups in total. The number of carboxylic acids is 1. The van der Waals surface area contributed by atoms with Crippen molar-refractivity contribution >= 4 is 27.7 Å². The summed E-state index contributed by atoms with van der Waals surface area (Å²) in [5.74, 6) is -1.48. The molecule has 0 radical (unpaired) electrons. The molecule has 80 valence electrons. The Bertz CT molecular complexity index is 415. The van der Waals surface area contributed by atoms with E-state index in [-0.39, 0.29) is 16.9 Å². The molecule has 0 fully saturated rings. The van der Waals surface area contributed by atoms with Gasteiger partial charge in [0, 0.05) is 10.5 Å². The Morgan fingerprint density at radius 3 is 2.73 bits per heavy atom. The fraction of sp³-hybridized carbons (Fsp3) is 0.100. The summed E-state index contributed by atoms with van der Waals surface area (Å²) in [6.07, 6.45) is 0. The highest BCUT2D eigenvalue weighted by molar-refractivity contribution is 9.11. The van der Waals surface area contributed by atoms with Crippen molar-refractivity contribution in [1.29, 1.82) is 0 Å². The number of methoxy groups -OCH3 is 1. The maximum Gasteiger partial charge on any atom is 0.339 e. The lowest BCUT2D eigenvalue weighted by molar-refractivity contribution is 0.0693. The Kier molecular flexibility index (Phi) is 3.85. The van der Waals surface area contributed by atoms with Crippen molar-refractivity contribution in [3.63, 3.8) is 0 Å². The lowest BCUT2D eigenvalue weighted by Gasteiger charge is -2.06. The molecule has 0 saturated heterocycles. The molecule has 0 atom stereocenters. The van der Waals surface area contributed by atoms with Crippen molar-refractivity contribution in [2.24, 2.45) is 0 Å². The second-order valence-corrected chi connectivity index (χ2v) is 3.14. The molecule has 1 aromatic carbocycles. The largest absolute Gasteiger partial charge is 0.496 e. The van der Waals surface area contributed by atoms with Gasteiger partial charge in [0.2, 0.25) is 0 Å². The van der Waals surface area contributed by atoms with E-state index in [1.165, 1.54) is 25.3 Å². The van der Waals surface area contributed by atoms with Crippen LogP contribution in [0.15, 0.2) is 23.2 Å². The zero-order valence-electron chi connectivity index (χ0n) is 7.83. The molecule has 0 spiro atoms. The van der Waals surface area contributed by atoms with Gasteiger partial charge in [-0.15, -0.1) is 0 Å². The molecule has 3 nitrogen and oxygen atoms in total. The quantitative estimate of drug-likeness (QED) is 0.922. The van der Waals surface area contributed by atoms with Crippen LogP contribution in [0.25, 0.3) is 5.83 Å². The fourth-order valence-electron chi connectivity index (χ4n) is 1.08. The van der Waals surface area contributed by atoms with E-state index >= 15 is 0 Å². The number of aromatic carboxylic acids is 1. The zero-order chi connectivity index (χ0) is 11.4. The average Bonchev–Trinajstić information content (AvgIpc) is 2.26. The monoisotopic (exact) mass is 274 g/mol. The van der Waals surface area contributed by atoms with Crippen LogP contribution in [-0.2, 0) is 0 Å². The van der Waals surface area contributed by atoms with Crippen molar-refractivity contribution in [3.8, 4) is 5.75 Å². The predicted molar refractivity (Wildman–Crippen MR) is 58.0 cm³/mol. The van der Waals surface area contributed by atoms with E-state index in [0.29, 0.717) is 0 Å². The normalized spacial score (nSPS) is 11.3. The molecule has 1 aromatic rings. The van der Waals surface area contributed by atoms with Crippen LogP contribution < -0.4 is 4.74 Å². The van der Waals surface area contributed by atoms with E-state index in [2.05, 4.69) is 15.9 Å². The van der Waals surface area contributed by atoms with Crippen LogP contribution in [0.1, 0.15) is 15.9 Å². The van der Waals surface area contributed by atoms with Gasteiger partial charge in [-0.3, -0.25) is 0 Å². The van der Waals surface area contributed by atoms with Crippen molar-refractivity contribution in [2.75, 3.05) is 7.11 Å². The summed E-state index contributed by atoms with van der Waals surface area (Å²) >= 11 is 2.85. The molecule has 15 heavy (non-hydrogen) atoms. The van der Waals surface area contributed by atoms with Gasteiger partial charge in [-0.05, 0) is 12.1 Å². The summed E-state index contributed by atoms with van der Waals surface area (Å²) in [4.78, 5) is 11.8. The number of carboxylic acid groups (broad SMARTS) is 1. The van der Waals surface area contributed by atoms with E-state index in [1.54, 1.807) is 0 Å².